The molecule has 0 bridgehead atoms. The molecule has 3 aromatic carbocycles. The molecule has 0 radical (unpaired) electrons. The lowest BCUT2D eigenvalue weighted by Crippen LogP contribution is -2.47. The number of aryl methyl sites for hydroxylation is 1. The molecule has 5 heteroatoms. The average Bonchev–Trinajstić information content (AvgIpc) is 2.84. The van der Waals surface area contributed by atoms with Crippen LogP contribution in [0.25, 0.3) is 0 Å². The SMILES string of the molecule is COc1ccc(N2CCN(CC(OC(=O)c3cccc(C)c3)c3ccccc3)CC2)cc1. The van der Waals surface area contributed by atoms with Crippen LogP contribution in [0.15, 0.2) is 78.9 Å². The van der Waals surface area contributed by atoms with Gasteiger partial charge in [-0.2, -0.15) is 0 Å². The van der Waals surface area contributed by atoms with E-state index in [0.717, 1.165) is 43.1 Å². The van der Waals surface area contributed by atoms with E-state index in [1.807, 2.05) is 73.7 Å². The maximum absolute atomic E-state index is 12.9. The summed E-state index contributed by atoms with van der Waals surface area (Å²) in [5.74, 6) is 0.591. The molecule has 0 amide bonds. The number of nitrogens with zero attached hydrogens (tertiary/aromatic N) is 2. The van der Waals surface area contributed by atoms with E-state index in [0.29, 0.717) is 12.1 Å². The van der Waals surface area contributed by atoms with Crippen LogP contribution in [0.3, 0.4) is 0 Å². The first kappa shape index (κ1) is 21.9. The maximum atomic E-state index is 12.9. The second-order valence-corrected chi connectivity index (χ2v) is 8.16. The van der Waals surface area contributed by atoms with Gasteiger partial charge in [-0.3, -0.25) is 4.90 Å². The van der Waals surface area contributed by atoms with Crippen molar-refractivity contribution in [2.24, 2.45) is 0 Å². The summed E-state index contributed by atoms with van der Waals surface area (Å²) in [4.78, 5) is 17.6. The normalized spacial score (nSPS) is 15.2. The molecule has 1 fully saturated rings. The van der Waals surface area contributed by atoms with Crippen LogP contribution in [0.4, 0.5) is 5.69 Å². The Bertz CT molecular complexity index is 1010. The lowest BCUT2D eigenvalue weighted by atomic mass is 10.1. The van der Waals surface area contributed by atoms with E-state index in [-0.39, 0.29) is 12.1 Å². The van der Waals surface area contributed by atoms with Crippen LogP contribution in [-0.2, 0) is 4.74 Å². The molecule has 1 saturated heterocycles. The van der Waals surface area contributed by atoms with Crippen molar-refractivity contribution in [1.29, 1.82) is 0 Å². The van der Waals surface area contributed by atoms with E-state index in [1.54, 1.807) is 7.11 Å². The fourth-order valence-corrected chi connectivity index (χ4v) is 4.06. The van der Waals surface area contributed by atoms with Crippen molar-refractivity contribution < 1.29 is 14.3 Å². The van der Waals surface area contributed by atoms with E-state index in [2.05, 4.69) is 21.9 Å². The van der Waals surface area contributed by atoms with Crippen LogP contribution in [0.5, 0.6) is 5.75 Å². The highest BCUT2D eigenvalue weighted by Gasteiger charge is 2.24. The van der Waals surface area contributed by atoms with E-state index in [4.69, 9.17) is 9.47 Å². The van der Waals surface area contributed by atoms with Crippen LogP contribution in [0.1, 0.15) is 27.6 Å². The van der Waals surface area contributed by atoms with E-state index < -0.39 is 0 Å². The number of ether oxygens (including phenoxy) is 2. The molecule has 0 spiro atoms. The van der Waals surface area contributed by atoms with E-state index >= 15 is 0 Å². The fourth-order valence-electron chi connectivity index (χ4n) is 4.06. The number of carbonyl (C=O) groups excluding carboxylic acids is 1. The topological polar surface area (TPSA) is 42.0 Å². The Morgan fingerprint density at radius 1 is 0.906 bits per heavy atom. The van der Waals surface area contributed by atoms with Crippen LogP contribution < -0.4 is 9.64 Å². The Labute approximate surface area is 190 Å². The van der Waals surface area contributed by atoms with E-state index in [1.165, 1.54) is 5.69 Å². The Morgan fingerprint density at radius 3 is 2.28 bits per heavy atom. The minimum absolute atomic E-state index is 0.278. The summed E-state index contributed by atoms with van der Waals surface area (Å²) in [5.41, 5.74) is 3.86. The fraction of sp³-hybridized carbons (Fsp3) is 0.296. The van der Waals surface area contributed by atoms with Crippen LogP contribution in [-0.4, -0.2) is 50.7 Å². The lowest BCUT2D eigenvalue weighted by Gasteiger charge is -2.37. The lowest BCUT2D eigenvalue weighted by molar-refractivity contribution is 0.0190. The van der Waals surface area contributed by atoms with Gasteiger partial charge in [0.05, 0.1) is 12.7 Å². The molecule has 32 heavy (non-hydrogen) atoms. The largest absolute Gasteiger partial charge is 0.497 e. The minimum Gasteiger partial charge on any atom is -0.497 e. The van der Waals surface area contributed by atoms with Gasteiger partial charge in [0.25, 0.3) is 0 Å². The van der Waals surface area contributed by atoms with E-state index in [9.17, 15) is 4.79 Å². The van der Waals surface area contributed by atoms with Crippen molar-refractivity contribution in [3.05, 3.63) is 95.6 Å². The maximum Gasteiger partial charge on any atom is 0.338 e. The third kappa shape index (κ3) is 5.48. The van der Waals surface area contributed by atoms with Crippen LogP contribution in [0, 0.1) is 6.92 Å². The van der Waals surface area contributed by atoms with Crippen molar-refractivity contribution >= 4 is 11.7 Å². The number of esters is 1. The molecule has 1 unspecified atom stereocenters. The molecule has 1 heterocycles. The van der Waals surface area contributed by atoms with Gasteiger partial charge >= 0.3 is 5.97 Å². The molecule has 1 aliphatic heterocycles. The number of benzene rings is 3. The zero-order chi connectivity index (χ0) is 22.3. The Kier molecular flexibility index (Phi) is 7.07. The summed E-state index contributed by atoms with van der Waals surface area (Å²) in [6, 6.07) is 25.8. The Balaban J connectivity index is 1.41. The predicted molar refractivity (Wildman–Crippen MR) is 127 cm³/mol. The second kappa shape index (κ2) is 10.3. The van der Waals surface area contributed by atoms with Gasteiger partial charge in [-0.05, 0) is 48.9 Å². The summed E-state index contributed by atoms with van der Waals surface area (Å²) < 4.78 is 11.3. The van der Waals surface area contributed by atoms with Crippen LogP contribution in [0.2, 0.25) is 0 Å². The molecule has 0 N–H and O–H groups in total. The highest BCUT2D eigenvalue weighted by atomic mass is 16.5. The molecule has 0 aromatic heterocycles. The molecule has 3 aromatic rings. The third-order valence-corrected chi connectivity index (χ3v) is 5.91. The smallest absolute Gasteiger partial charge is 0.338 e. The van der Waals surface area contributed by atoms with Gasteiger partial charge in [0.1, 0.15) is 11.9 Å². The molecule has 4 rings (SSSR count). The molecule has 1 aliphatic rings. The summed E-state index contributed by atoms with van der Waals surface area (Å²) in [7, 11) is 1.68. The predicted octanol–water partition coefficient (Wildman–Crippen LogP) is 4.72. The summed E-state index contributed by atoms with van der Waals surface area (Å²) in [6.07, 6.45) is -0.309. The van der Waals surface area contributed by atoms with Gasteiger partial charge in [-0.1, -0.05) is 48.0 Å². The molecule has 5 nitrogen and oxygen atoms in total. The highest BCUT2D eigenvalue weighted by molar-refractivity contribution is 5.89. The summed E-state index contributed by atoms with van der Waals surface area (Å²) >= 11 is 0. The van der Waals surface area contributed by atoms with Gasteiger partial charge in [0.15, 0.2) is 0 Å². The number of hydrogen-bond acceptors (Lipinski definition) is 5. The molecular formula is C27H30N2O3. The molecular weight excluding hydrogens is 400 g/mol. The number of carbonyl (C=O) groups is 1. The highest BCUT2D eigenvalue weighted by Crippen LogP contribution is 2.24. The summed E-state index contributed by atoms with van der Waals surface area (Å²) in [6.45, 7) is 6.35. The first-order valence-electron chi connectivity index (χ1n) is 11.1. The second-order valence-electron chi connectivity index (χ2n) is 8.16. The number of anilines is 1. The monoisotopic (exact) mass is 430 g/mol. The summed E-state index contributed by atoms with van der Waals surface area (Å²) in [5, 5.41) is 0. The third-order valence-electron chi connectivity index (χ3n) is 5.91. The van der Waals surface area contributed by atoms with Gasteiger partial charge in [-0.15, -0.1) is 0 Å². The quantitative estimate of drug-likeness (QED) is 0.507. The van der Waals surface area contributed by atoms with Gasteiger partial charge in [0, 0.05) is 38.4 Å². The number of methoxy groups -OCH3 is 1. The Morgan fingerprint density at radius 2 is 1.62 bits per heavy atom. The number of hydrogen-bond donors (Lipinski definition) is 0. The Hall–Kier alpha value is -3.31. The van der Waals surface area contributed by atoms with Gasteiger partial charge < -0.3 is 14.4 Å². The minimum atomic E-state index is -0.309. The van der Waals surface area contributed by atoms with Crippen molar-refractivity contribution in [2.45, 2.75) is 13.0 Å². The van der Waals surface area contributed by atoms with Crippen molar-refractivity contribution in [2.75, 3.05) is 44.7 Å². The van der Waals surface area contributed by atoms with Gasteiger partial charge in [0.2, 0.25) is 0 Å². The van der Waals surface area contributed by atoms with Crippen molar-refractivity contribution in [1.82, 2.24) is 4.90 Å². The molecule has 0 aliphatic carbocycles. The molecule has 166 valence electrons. The van der Waals surface area contributed by atoms with Crippen LogP contribution >= 0.6 is 0 Å². The zero-order valence-electron chi connectivity index (χ0n) is 18.7. The molecule has 0 saturated carbocycles. The zero-order valence-corrected chi connectivity index (χ0v) is 18.7. The van der Waals surface area contributed by atoms with Crippen molar-refractivity contribution in [3.63, 3.8) is 0 Å². The number of rotatable bonds is 7. The van der Waals surface area contributed by atoms with Crippen molar-refractivity contribution in [3.8, 4) is 5.75 Å². The average molecular weight is 431 g/mol. The standard InChI is InChI=1S/C27H30N2O3/c1-21-7-6-10-23(19-21)27(30)32-26(22-8-4-3-5-9-22)20-28-15-17-29(18-16-28)24-11-13-25(31-2)14-12-24/h3-14,19,26H,15-18,20H2,1-2H3. The van der Waals surface area contributed by atoms with Gasteiger partial charge in [-0.25, -0.2) is 4.79 Å². The number of piperazine rings is 1. The first-order chi connectivity index (χ1) is 15.6. The molecule has 1 atom stereocenters. The first-order valence-corrected chi connectivity index (χ1v) is 11.1.